The molecule has 1 fully saturated rings. The van der Waals surface area contributed by atoms with Crippen molar-refractivity contribution in [1.82, 2.24) is 4.90 Å². The Morgan fingerprint density at radius 2 is 2.00 bits per heavy atom. The minimum absolute atomic E-state index is 0.153. The smallest absolute Gasteiger partial charge is 0.222 e. The Morgan fingerprint density at radius 1 is 1.40 bits per heavy atom. The second-order valence-corrected chi connectivity index (χ2v) is 4.37. The van der Waals surface area contributed by atoms with Crippen molar-refractivity contribution in [3.05, 3.63) is 10.4 Å². The zero-order valence-electron chi connectivity index (χ0n) is 9.39. The van der Waals surface area contributed by atoms with Gasteiger partial charge in [0.25, 0.3) is 0 Å². The van der Waals surface area contributed by atoms with Crippen molar-refractivity contribution in [3.63, 3.8) is 0 Å². The fourth-order valence-corrected chi connectivity index (χ4v) is 1.97. The summed E-state index contributed by atoms with van der Waals surface area (Å²) in [6, 6.07) is 0.153. The van der Waals surface area contributed by atoms with E-state index < -0.39 is 0 Å². The van der Waals surface area contributed by atoms with E-state index in [-0.39, 0.29) is 11.9 Å². The van der Waals surface area contributed by atoms with Gasteiger partial charge >= 0.3 is 0 Å². The van der Waals surface area contributed by atoms with Crippen molar-refractivity contribution in [1.29, 1.82) is 0 Å². The molecule has 0 atom stereocenters. The molecule has 0 aliphatic heterocycles. The van der Waals surface area contributed by atoms with Crippen LogP contribution in [0.4, 0.5) is 0 Å². The molecule has 1 saturated carbocycles. The van der Waals surface area contributed by atoms with Crippen molar-refractivity contribution in [2.45, 2.75) is 38.1 Å². The van der Waals surface area contributed by atoms with E-state index in [2.05, 4.69) is 10.0 Å². The molecule has 5 nitrogen and oxygen atoms in total. The molecule has 0 heterocycles. The summed E-state index contributed by atoms with van der Waals surface area (Å²) in [7, 11) is 3.57. The van der Waals surface area contributed by atoms with E-state index in [9.17, 15) is 4.79 Å². The van der Waals surface area contributed by atoms with Crippen LogP contribution in [0.1, 0.15) is 32.1 Å². The van der Waals surface area contributed by atoms with Gasteiger partial charge in [-0.2, -0.15) is 0 Å². The minimum atomic E-state index is 0.153. The summed E-state index contributed by atoms with van der Waals surface area (Å²) in [6.45, 7) is 0. The van der Waals surface area contributed by atoms with Crippen LogP contribution in [-0.4, -0.2) is 30.9 Å². The third-order valence-electron chi connectivity index (χ3n) is 2.99. The number of carbonyl (C=O) groups is 1. The number of nitrogens with zero attached hydrogens (tertiary/aromatic N) is 4. The Labute approximate surface area is 90.1 Å². The topological polar surface area (TPSA) is 69.1 Å². The van der Waals surface area contributed by atoms with Crippen molar-refractivity contribution in [2.24, 2.45) is 11.0 Å². The molecule has 1 amide bonds. The number of azide groups is 1. The molecule has 1 aliphatic carbocycles. The van der Waals surface area contributed by atoms with E-state index in [0.717, 1.165) is 25.7 Å². The highest BCUT2D eigenvalue weighted by molar-refractivity contribution is 5.75. The lowest BCUT2D eigenvalue weighted by molar-refractivity contribution is -0.129. The SMILES string of the molecule is CN(C)C(=O)CC1CCC(N=[N+]=[N-])CC1. The first kappa shape index (κ1) is 11.9. The zero-order chi connectivity index (χ0) is 11.3. The molecule has 0 N–H and O–H groups in total. The number of rotatable bonds is 3. The van der Waals surface area contributed by atoms with Gasteiger partial charge in [-0.3, -0.25) is 4.79 Å². The first-order chi connectivity index (χ1) is 7.13. The van der Waals surface area contributed by atoms with E-state index in [1.165, 1.54) is 0 Å². The summed E-state index contributed by atoms with van der Waals surface area (Å²) in [6.07, 6.45) is 4.49. The molecule has 0 aromatic carbocycles. The van der Waals surface area contributed by atoms with Gasteiger partial charge in [-0.15, -0.1) is 0 Å². The first-order valence-corrected chi connectivity index (χ1v) is 5.38. The van der Waals surface area contributed by atoms with Crippen LogP contribution in [0.25, 0.3) is 10.4 Å². The average molecular weight is 210 g/mol. The molecule has 0 aromatic heterocycles. The molecule has 15 heavy (non-hydrogen) atoms. The van der Waals surface area contributed by atoms with Gasteiger partial charge < -0.3 is 4.90 Å². The lowest BCUT2D eigenvalue weighted by Gasteiger charge is -2.26. The largest absolute Gasteiger partial charge is 0.349 e. The molecular weight excluding hydrogens is 192 g/mol. The third-order valence-corrected chi connectivity index (χ3v) is 2.99. The van der Waals surface area contributed by atoms with E-state index in [1.54, 1.807) is 19.0 Å². The maximum Gasteiger partial charge on any atom is 0.222 e. The van der Waals surface area contributed by atoms with Crippen molar-refractivity contribution < 1.29 is 4.79 Å². The fourth-order valence-electron chi connectivity index (χ4n) is 1.97. The molecular formula is C10H18N4O. The molecule has 5 heteroatoms. The average Bonchev–Trinajstić information content (AvgIpc) is 2.21. The number of hydrogen-bond acceptors (Lipinski definition) is 2. The van der Waals surface area contributed by atoms with Gasteiger partial charge in [0.15, 0.2) is 0 Å². The summed E-state index contributed by atoms with van der Waals surface area (Å²) in [5, 5.41) is 3.72. The molecule has 84 valence electrons. The van der Waals surface area contributed by atoms with Crippen molar-refractivity contribution in [2.75, 3.05) is 14.1 Å². The van der Waals surface area contributed by atoms with Crippen LogP contribution in [0, 0.1) is 5.92 Å². The van der Waals surface area contributed by atoms with E-state index in [1.807, 2.05) is 0 Å². The van der Waals surface area contributed by atoms with Crippen LogP contribution < -0.4 is 0 Å². The Hall–Kier alpha value is -1.22. The molecule has 1 rings (SSSR count). The van der Waals surface area contributed by atoms with Gasteiger partial charge in [-0.25, -0.2) is 0 Å². The number of amides is 1. The molecule has 0 unspecified atom stereocenters. The Morgan fingerprint density at radius 3 is 2.47 bits per heavy atom. The quantitative estimate of drug-likeness (QED) is 0.400. The lowest BCUT2D eigenvalue weighted by atomic mass is 9.84. The van der Waals surface area contributed by atoms with Crippen LogP contribution in [0.3, 0.4) is 0 Å². The van der Waals surface area contributed by atoms with Crippen LogP contribution in [-0.2, 0) is 4.79 Å². The monoisotopic (exact) mass is 210 g/mol. The summed E-state index contributed by atoms with van der Waals surface area (Å²) < 4.78 is 0. The Bertz CT molecular complexity index is 263. The second kappa shape index (κ2) is 5.61. The second-order valence-electron chi connectivity index (χ2n) is 4.37. The van der Waals surface area contributed by atoms with E-state index in [4.69, 9.17) is 5.53 Å². The third kappa shape index (κ3) is 3.80. The summed E-state index contributed by atoms with van der Waals surface area (Å²) in [5.74, 6) is 0.673. The van der Waals surface area contributed by atoms with Gasteiger partial charge in [-0.1, -0.05) is 5.11 Å². The maximum absolute atomic E-state index is 11.5. The summed E-state index contributed by atoms with van der Waals surface area (Å²) in [5.41, 5.74) is 8.30. The highest BCUT2D eigenvalue weighted by atomic mass is 16.2. The highest BCUT2D eigenvalue weighted by Crippen LogP contribution is 2.28. The lowest BCUT2D eigenvalue weighted by Crippen LogP contribution is -2.26. The Kier molecular flexibility index (Phi) is 4.43. The number of hydrogen-bond donors (Lipinski definition) is 0. The molecule has 0 spiro atoms. The maximum atomic E-state index is 11.5. The Balaban J connectivity index is 2.31. The standard InChI is InChI=1S/C10H18N4O/c1-14(2)10(15)7-8-3-5-9(6-4-8)12-13-11/h8-9H,3-7H2,1-2H3. The van der Waals surface area contributed by atoms with Gasteiger partial charge in [0, 0.05) is 31.5 Å². The van der Waals surface area contributed by atoms with Gasteiger partial charge in [-0.05, 0) is 37.1 Å². The molecule has 1 aliphatic rings. The molecule has 0 bridgehead atoms. The molecule has 0 aromatic rings. The molecule has 0 saturated heterocycles. The van der Waals surface area contributed by atoms with Gasteiger partial charge in [0.2, 0.25) is 5.91 Å². The van der Waals surface area contributed by atoms with Gasteiger partial charge in [0.05, 0.1) is 0 Å². The molecule has 0 radical (unpaired) electrons. The van der Waals surface area contributed by atoms with Crippen molar-refractivity contribution in [3.8, 4) is 0 Å². The zero-order valence-corrected chi connectivity index (χ0v) is 9.39. The van der Waals surface area contributed by atoms with Crippen LogP contribution >= 0.6 is 0 Å². The van der Waals surface area contributed by atoms with Crippen molar-refractivity contribution >= 4 is 5.91 Å². The predicted molar refractivity (Wildman–Crippen MR) is 58.2 cm³/mol. The normalized spacial score (nSPS) is 25.5. The van der Waals surface area contributed by atoms with E-state index >= 15 is 0 Å². The van der Waals surface area contributed by atoms with Crippen LogP contribution in [0.2, 0.25) is 0 Å². The predicted octanol–water partition coefficient (Wildman–Crippen LogP) is 2.33. The summed E-state index contributed by atoms with van der Waals surface area (Å²) >= 11 is 0. The van der Waals surface area contributed by atoms with E-state index in [0.29, 0.717) is 12.3 Å². The van der Waals surface area contributed by atoms with Crippen LogP contribution in [0.15, 0.2) is 5.11 Å². The summed E-state index contributed by atoms with van der Waals surface area (Å²) in [4.78, 5) is 15.9. The van der Waals surface area contributed by atoms with Crippen LogP contribution in [0.5, 0.6) is 0 Å². The number of carbonyl (C=O) groups excluding carboxylic acids is 1. The minimum Gasteiger partial charge on any atom is -0.349 e. The highest BCUT2D eigenvalue weighted by Gasteiger charge is 2.22. The first-order valence-electron chi connectivity index (χ1n) is 5.38. The fraction of sp³-hybridized carbons (Fsp3) is 0.900. The van der Waals surface area contributed by atoms with Gasteiger partial charge in [0.1, 0.15) is 0 Å².